The van der Waals surface area contributed by atoms with Crippen LogP contribution in [0.5, 0.6) is 0 Å². The minimum Gasteiger partial charge on any atom is -0.314 e. The van der Waals surface area contributed by atoms with Crippen LogP contribution in [0.4, 0.5) is 4.39 Å². The van der Waals surface area contributed by atoms with Crippen molar-refractivity contribution in [3.63, 3.8) is 0 Å². The third kappa shape index (κ3) is 1.97. The number of rotatable bonds is 3. The Morgan fingerprint density at radius 1 is 1.04 bits per heavy atom. The van der Waals surface area contributed by atoms with Crippen LogP contribution in [0.15, 0.2) is 30.7 Å². The molecule has 3 fully saturated rings. The number of fused-ring (bicyclic) bond motifs is 2. The highest BCUT2D eigenvalue weighted by molar-refractivity contribution is 5.65. The van der Waals surface area contributed by atoms with Gasteiger partial charge in [0.05, 0.1) is 23.3 Å². The number of nitrogens with zero attached hydrogens (tertiary/aromatic N) is 5. The van der Waals surface area contributed by atoms with Gasteiger partial charge in [0, 0.05) is 28.9 Å². The molecule has 142 valence electrons. The van der Waals surface area contributed by atoms with Crippen molar-refractivity contribution >= 4 is 11.3 Å². The molecule has 0 amide bonds. The van der Waals surface area contributed by atoms with Gasteiger partial charge in [-0.2, -0.15) is 5.10 Å². The van der Waals surface area contributed by atoms with Crippen molar-refractivity contribution < 1.29 is 4.39 Å². The first-order chi connectivity index (χ1) is 13.4. The summed E-state index contributed by atoms with van der Waals surface area (Å²) in [6.45, 7) is 3.94. The van der Waals surface area contributed by atoms with Crippen molar-refractivity contribution in [2.45, 2.75) is 44.1 Å². The lowest BCUT2D eigenvalue weighted by molar-refractivity contribution is -0.0855. The fraction of sp³-hybridized carbons (Fsp3) is 0.381. The lowest BCUT2D eigenvalue weighted by Gasteiger charge is -2.70. The van der Waals surface area contributed by atoms with E-state index < -0.39 is 0 Å². The molecule has 0 unspecified atom stereocenters. The molecule has 0 atom stereocenters. The molecule has 0 radical (unpaired) electrons. The molecule has 4 heterocycles. The maximum absolute atomic E-state index is 14.9. The molecule has 4 aromatic rings. The Morgan fingerprint density at radius 3 is 2.57 bits per heavy atom. The fourth-order valence-electron chi connectivity index (χ4n) is 5.16. The summed E-state index contributed by atoms with van der Waals surface area (Å²) in [5, 5.41) is 8.04. The largest absolute Gasteiger partial charge is 0.314 e. The summed E-state index contributed by atoms with van der Waals surface area (Å²) in [5.74, 6) is -0.319. The molecule has 3 saturated carbocycles. The molecule has 6 nitrogen and oxygen atoms in total. The molecule has 0 saturated heterocycles. The molecule has 0 aromatic carbocycles. The minimum absolute atomic E-state index is 0.129. The molecule has 1 N–H and O–H groups in total. The van der Waals surface area contributed by atoms with Gasteiger partial charge in [0.15, 0.2) is 17.1 Å². The number of aryl methyl sites for hydroxylation is 2. The first-order valence-corrected chi connectivity index (χ1v) is 9.62. The number of hydrogen-bond acceptors (Lipinski definition) is 4. The Kier molecular flexibility index (Phi) is 2.87. The standard InChI is InChI=1S/C21H21FN6/c1-12-4-16(26-28-6-13(2)24-18(12)28)14-5-15(22)19-25-17(8-27(19)7-14)20-9-21(10-20,11-20)23-3/h4-8,23H,9-11H2,1-3H3. The summed E-state index contributed by atoms with van der Waals surface area (Å²) in [4.78, 5) is 9.12. The van der Waals surface area contributed by atoms with Gasteiger partial charge in [-0.3, -0.25) is 0 Å². The zero-order valence-corrected chi connectivity index (χ0v) is 16.1. The lowest BCUT2D eigenvalue weighted by atomic mass is 9.38. The number of pyridine rings is 1. The summed E-state index contributed by atoms with van der Waals surface area (Å²) < 4.78 is 18.5. The summed E-state index contributed by atoms with van der Waals surface area (Å²) in [6, 6.07) is 3.48. The molecular formula is C21H21FN6. The second-order valence-electron chi connectivity index (χ2n) is 8.64. The Bertz CT molecular complexity index is 1260. The van der Waals surface area contributed by atoms with Crippen LogP contribution in [0.1, 0.15) is 36.2 Å². The van der Waals surface area contributed by atoms with Crippen molar-refractivity contribution in [3.05, 3.63) is 53.5 Å². The van der Waals surface area contributed by atoms with E-state index in [1.165, 1.54) is 6.07 Å². The molecular weight excluding hydrogens is 355 g/mol. The fourth-order valence-corrected chi connectivity index (χ4v) is 5.16. The maximum Gasteiger partial charge on any atom is 0.173 e. The van der Waals surface area contributed by atoms with Crippen LogP contribution >= 0.6 is 0 Å². The van der Waals surface area contributed by atoms with Crippen molar-refractivity contribution in [3.8, 4) is 11.3 Å². The minimum atomic E-state index is -0.319. The molecule has 3 aliphatic carbocycles. The van der Waals surface area contributed by atoms with Crippen LogP contribution in [0, 0.1) is 19.7 Å². The third-order valence-corrected chi connectivity index (χ3v) is 6.64. The van der Waals surface area contributed by atoms with E-state index in [1.807, 2.05) is 50.0 Å². The molecule has 7 heteroatoms. The summed E-state index contributed by atoms with van der Waals surface area (Å²) in [5.41, 5.74) is 6.01. The Labute approximate surface area is 161 Å². The van der Waals surface area contributed by atoms with Gasteiger partial charge in [0.25, 0.3) is 0 Å². The van der Waals surface area contributed by atoms with Gasteiger partial charge < -0.3 is 9.72 Å². The number of halogens is 1. The second kappa shape index (κ2) is 4.97. The van der Waals surface area contributed by atoms with Gasteiger partial charge >= 0.3 is 0 Å². The van der Waals surface area contributed by atoms with E-state index in [2.05, 4.69) is 20.4 Å². The van der Waals surface area contributed by atoms with Gasteiger partial charge in [-0.25, -0.2) is 18.9 Å². The number of hydrogen-bond donors (Lipinski definition) is 1. The predicted molar refractivity (Wildman–Crippen MR) is 104 cm³/mol. The third-order valence-electron chi connectivity index (χ3n) is 6.64. The molecule has 7 rings (SSSR count). The van der Waals surface area contributed by atoms with Crippen molar-refractivity contribution in [1.29, 1.82) is 0 Å². The summed E-state index contributed by atoms with van der Waals surface area (Å²) in [7, 11) is 2.02. The number of imidazole rings is 2. The van der Waals surface area contributed by atoms with Gasteiger partial charge in [-0.05, 0) is 57.9 Å². The molecule has 28 heavy (non-hydrogen) atoms. The first kappa shape index (κ1) is 16.2. The predicted octanol–water partition coefficient (Wildman–Crippen LogP) is 3.19. The van der Waals surface area contributed by atoms with Crippen molar-refractivity contribution in [2.24, 2.45) is 0 Å². The quantitative estimate of drug-likeness (QED) is 0.597. The van der Waals surface area contributed by atoms with Crippen molar-refractivity contribution in [2.75, 3.05) is 7.05 Å². The SMILES string of the molecule is CNC12CC(c3cn4cc(-c5cc(C)c6nc(C)cn6n5)cc(F)c4n3)(C1)C2. The Hall–Kier alpha value is -2.80. The average molecular weight is 376 g/mol. The summed E-state index contributed by atoms with van der Waals surface area (Å²) in [6.07, 6.45) is 9.07. The van der Waals surface area contributed by atoms with E-state index >= 15 is 0 Å². The highest BCUT2D eigenvalue weighted by atomic mass is 19.1. The van der Waals surface area contributed by atoms with E-state index in [4.69, 9.17) is 0 Å². The first-order valence-electron chi connectivity index (χ1n) is 9.62. The molecule has 2 bridgehead atoms. The summed E-state index contributed by atoms with van der Waals surface area (Å²) >= 11 is 0. The highest BCUT2D eigenvalue weighted by Crippen LogP contribution is 2.67. The Balaban J connectivity index is 1.45. The van der Waals surface area contributed by atoms with Gasteiger partial charge in [0.2, 0.25) is 0 Å². The number of aromatic nitrogens is 5. The van der Waals surface area contributed by atoms with E-state index in [9.17, 15) is 4.39 Å². The van der Waals surface area contributed by atoms with E-state index in [1.54, 1.807) is 4.52 Å². The van der Waals surface area contributed by atoms with Crippen LogP contribution < -0.4 is 5.32 Å². The Morgan fingerprint density at radius 2 is 1.82 bits per heavy atom. The molecule has 0 spiro atoms. The number of nitrogens with one attached hydrogen (secondary N) is 1. The second-order valence-corrected chi connectivity index (χ2v) is 8.64. The van der Waals surface area contributed by atoms with E-state index in [-0.39, 0.29) is 11.2 Å². The average Bonchev–Trinajstić information content (AvgIpc) is 3.16. The van der Waals surface area contributed by atoms with Crippen LogP contribution in [0.2, 0.25) is 0 Å². The van der Waals surface area contributed by atoms with E-state index in [0.717, 1.165) is 53.1 Å². The zero-order chi connectivity index (χ0) is 19.3. The van der Waals surface area contributed by atoms with Crippen molar-refractivity contribution in [1.82, 2.24) is 29.3 Å². The van der Waals surface area contributed by atoms with E-state index in [0.29, 0.717) is 11.2 Å². The lowest BCUT2D eigenvalue weighted by Crippen LogP contribution is -2.75. The van der Waals surface area contributed by atoms with Crippen LogP contribution in [0.25, 0.3) is 22.6 Å². The normalized spacial score (nSPS) is 25.9. The zero-order valence-electron chi connectivity index (χ0n) is 16.1. The maximum atomic E-state index is 14.9. The van der Waals surface area contributed by atoms with Gasteiger partial charge in [0.1, 0.15) is 0 Å². The smallest absolute Gasteiger partial charge is 0.173 e. The molecule has 0 aliphatic heterocycles. The van der Waals surface area contributed by atoms with Crippen LogP contribution in [0.3, 0.4) is 0 Å². The van der Waals surface area contributed by atoms with Gasteiger partial charge in [-0.15, -0.1) is 0 Å². The highest BCUT2D eigenvalue weighted by Gasteiger charge is 2.68. The van der Waals surface area contributed by atoms with Crippen LogP contribution in [-0.2, 0) is 5.41 Å². The topological polar surface area (TPSA) is 59.5 Å². The van der Waals surface area contributed by atoms with Crippen LogP contribution in [-0.4, -0.2) is 36.6 Å². The molecule has 3 aliphatic rings. The molecule has 4 aromatic heterocycles. The monoisotopic (exact) mass is 376 g/mol. The van der Waals surface area contributed by atoms with Gasteiger partial charge in [-0.1, -0.05) is 0 Å².